The first kappa shape index (κ1) is 17.4. The largest absolute Gasteiger partial charge is 0.416 e. The molecule has 1 aliphatic rings. The van der Waals surface area contributed by atoms with Crippen molar-refractivity contribution in [2.45, 2.75) is 25.4 Å². The van der Waals surface area contributed by atoms with Crippen molar-refractivity contribution in [2.75, 3.05) is 11.4 Å². The number of anilines is 1. The summed E-state index contributed by atoms with van der Waals surface area (Å²) in [7, 11) is 0. The van der Waals surface area contributed by atoms with Crippen LogP contribution in [-0.4, -0.2) is 12.5 Å². The van der Waals surface area contributed by atoms with Crippen LogP contribution < -0.4 is 4.90 Å². The molecule has 1 heterocycles. The molecule has 25 heavy (non-hydrogen) atoms. The van der Waals surface area contributed by atoms with Crippen LogP contribution in [0.3, 0.4) is 0 Å². The van der Waals surface area contributed by atoms with E-state index in [1.165, 1.54) is 17.0 Å². The molecule has 0 N–H and O–H groups in total. The van der Waals surface area contributed by atoms with Gasteiger partial charge in [0.1, 0.15) is 11.6 Å². The highest BCUT2D eigenvalue weighted by atomic mass is 19.4. The molecule has 0 fully saturated rings. The number of fused-ring (bicyclic) bond motifs is 1. The molecule has 1 amide bonds. The average molecular weight is 355 g/mol. The molecule has 132 valence electrons. The highest BCUT2D eigenvalue weighted by molar-refractivity contribution is 5.96. The van der Waals surface area contributed by atoms with Crippen molar-refractivity contribution in [1.82, 2.24) is 0 Å². The van der Waals surface area contributed by atoms with Gasteiger partial charge in [-0.2, -0.15) is 13.2 Å². The van der Waals surface area contributed by atoms with Crippen molar-refractivity contribution < 1.29 is 26.7 Å². The van der Waals surface area contributed by atoms with Crippen molar-refractivity contribution in [3.63, 3.8) is 0 Å². The fourth-order valence-electron chi connectivity index (χ4n) is 3.00. The molecule has 0 spiro atoms. The van der Waals surface area contributed by atoms with E-state index in [0.717, 1.165) is 24.3 Å². The SMILES string of the molecule is O=C(Cc1cccc(C(F)(F)F)c1)N1CCCc2c(F)cc(F)cc21. The quantitative estimate of drug-likeness (QED) is 0.726. The third-order valence-electron chi connectivity index (χ3n) is 4.15. The van der Waals surface area contributed by atoms with Gasteiger partial charge in [0.25, 0.3) is 0 Å². The van der Waals surface area contributed by atoms with Gasteiger partial charge in [-0.15, -0.1) is 0 Å². The molecule has 2 aromatic rings. The lowest BCUT2D eigenvalue weighted by Crippen LogP contribution is -2.37. The van der Waals surface area contributed by atoms with E-state index in [2.05, 4.69) is 0 Å². The van der Waals surface area contributed by atoms with Gasteiger partial charge in [-0.05, 0) is 30.5 Å². The number of carbonyl (C=O) groups excluding carboxylic acids is 1. The number of alkyl halides is 3. The predicted molar refractivity (Wildman–Crippen MR) is 82.2 cm³/mol. The van der Waals surface area contributed by atoms with E-state index >= 15 is 0 Å². The van der Waals surface area contributed by atoms with E-state index in [4.69, 9.17) is 0 Å². The average Bonchev–Trinajstić information content (AvgIpc) is 2.53. The number of benzene rings is 2. The minimum Gasteiger partial charge on any atom is -0.312 e. The highest BCUT2D eigenvalue weighted by Crippen LogP contribution is 2.32. The number of halogens is 5. The summed E-state index contributed by atoms with van der Waals surface area (Å²) in [6, 6.07) is 6.34. The Hall–Kier alpha value is -2.44. The van der Waals surface area contributed by atoms with E-state index in [9.17, 15) is 26.7 Å². The Morgan fingerprint density at radius 1 is 1.12 bits per heavy atom. The van der Waals surface area contributed by atoms with Crippen LogP contribution >= 0.6 is 0 Å². The van der Waals surface area contributed by atoms with Crippen molar-refractivity contribution in [3.8, 4) is 0 Å². The van der Waals surface area contributed by atoms with Gasteiger partial charge in [-0.3, -0.25) is 4.79 Å². The number of hydrogen-bond donors (Lipinski definition) is 0. The van der Waals surface area contributed by atoms with Crippen molar-refractivity contribution in [3.05, 3.63) is 64.7 Å². The van der Waals surface area contributed by atoms with Gasteiger partial charge in [0.15, 0.2) is 0 Å². The lowest BCUT2D eigenvalue weighted by Gasteiger charge is -2.30. The summed E-state index contributed by atoms with van der Waals surface area (Å²) >= 11 is 0. The number of rotatable bonds is 2. The van der Waals surface area contributed by atoms with Crippen LogP contribution in [0.1, 0.15) is 23.1 Å². The van der Waals surface area contributed by atoms with E-state index in [1.54, 1.807) is 0 Å². The Balaban J connectivity index is 1.87. The topological polar surface area (TPSA) is 20.3 Å². The van der Waals surface area contributed by atoms with Gasteiger partial charge in [-0.25, -0.2) is 8.78 Å². The second-order valence-electron chi connectivity index (χ2n) is 5.91. The van der Waals surface area contributed by atoms with Crippen LogP contribution in [0.15, 0.2) is 36.4 Å². The predicted octanol–water partition coefficient (Wildman–Crippen LogP) is 4.51. The van der Waals surface area contributed by atoms with Crippen molar-refractivity contribution in [1.29, 1.82) is 0 Å². The van der Waals surface area contributed by atoms with Crippen LogP contribution in [0.25, 0.3) is 0 Å². The fourth-order valence-corrected chi connectivity index (χ4v) is 3.00. The van der Waals surface area contributed by atoms with Crippen LogP contribution in [0.2, 0.25) is 0 Å². The summed E-state index contributed by atoms with van der Waals surface area (Å²) < 4.78 is 65.7. The summed E-state index contributed by atoms with van der Waals surface area (Å²) in [5.74, 6) is -2.01. The van der Waals surface area contributed by atoms with E-state index in [-0.39, 0.29) is 29.8 Å². The van der Waals surface area contributed by atoms with E-state index in [0.29, 0.717) is 12.8 Å². The summed E-state index contributed by atoms with van der Waals surface area (Å²) in [4.78, 5) is 13.8. The first-order valence-corrected chi connectivity index (χ1v) is 7.70. The molecule has 0 saturated carbocycles. The third-order valence-corrected chi connectivity index (χ3v) is 4.15. The van der Waals surface area contributed by atoms with Gasteiger partial charge in [0.2, 0.25) is 5.91 Å². The molecule has 0 aliphatic carbocycles. The van der Waals surface area contributed by atoms with Gasteiger partial charge in [0.05, 0.1) is 17.7 Å². The fraction of sp³-hybridized carbons (Fsp3) is 0.278. The van der Waals surface area contributed by atoms with Crippen LogP contribution in [0.4, 0.5) is 27.6 Å². The zero-order chi connectivity index (χ0) is 18.2. The number of nitrogens with zero attached hydrogens (tertiary/aromatic N) is 1. The zero-order valence-corrected chi connectivity index (χ0v) is 13.0. The minimum absolute atomic E-state index is 0.153. The van der Waals surface area contributed by atoms with Gasteiger partial charge < -0.3 is 4.90 Å². The minimum atomic E-state index is -4.50. The maximum atomic E-state index is 13.9. The Kier molecular flexibility index (Phi) is 4.49. The molecular formula is C18H14F5NO. The van der Waals surface area contributed by atoms with Crippen LogP contribution in [0.5, 0.6) is 0 Å². The molecule has 2 aromatic carbocycles. The zero-order valence-electron chi connectivity index (χ0n) is 13.0. The molecule has 3 rings (SSSR count). The first-order valence-electron chi connectivity index (χ1n) is 7.70. The standard InChI is InChI=1S/C18H14F5NO/c19-13-9-15(20)14-5-2-6-24(16(14)10-13)17(25)8-11-3-1-4-12(7-11)18(21,22)23/h1,3-4,7,9-10H,2,5-6,8H2. The smallest absolute Gasteiger partial charge is 0.312 e. The summed E-state index contributed by atoms with van der Waals surface area (Å²) in [5.41, 5.74) is -0.233. The lowest BCUT2D eigenvalue weighted by molar-refractivity contribution is -0.137. The first-order chi connectivity index (χ1) is 11.8. The van der Waals surface area contributed by atoms with Gasteiger partial charge in [0, 0.05) is 18.2 Å². The summed E-state index contributed by atoms with van der Waals surface area (Å²) in [6.07, 6.45) is -3.89. The summed E-state index contributed by atoms with van der Waals surface area (Å²) in [6.45, 7) is 0.272. The molecule has 0 radical (unpaired) electrons. The molecule has 1 aliphatic heterocycles. The second-order valence-corrected chi connectivity index (χ2v) is 5.91. The van der Waals surface area contributed by atoms with Crippen molar-refractivity contribution in [2.24, 2.45) is 0 Å². The normalized spacial score (nSPS) is 14.4. The second kappa shape index (κ2) is 6.46. The molecule has 0 aromatic heterocycles. The van der Waals surface area contributed by atoms with Crippen LogP contribution in [-0.2, 0) is 23.8 Å². The number of amides is 1. The molecular weight excluding hydrogens is 341 g/mol. The molecule has 0 atom stereocenters. The Labute approximate surface area is 140 Å². The molecule has 2 nitrogen and oxygen atoms in total. The Morgan fingerprint density at radius 3 is 2.60 bits per heavy atom. The van der Waals surface area contributed by atoms with Gasteiger partial charge in [-0.1, -0.05) is 18.2 Å². The van der Waals surface area contributed by atoms with E-state index < -0.39 is 29.3 Å². The maximum absolute atomic E-state index is 13.9. The maximum Gasteiger partial charge on any atom is 0.416 e. The van der Waals surface area contributed by atoms with Crippen LogP contribution in [0, 0.1) is 11.6 Å². The monoisotopic (exact) mass is 355 g/mol. The molecule has 7 heteroatoms. The highest BCUT2D eigenvalue weighted by Gasteiger charge is 2.31. The Morgan fingerprint density at radius 2 is 1.88 bits per heavy atom. The molecule has 0 unspecified atom stereocenters. The molecule has 0 bridgehead atoms. The summed E-state index contributed by atoms with van der Waals surface area (Å²) in [5, 5.41) is 0. The number of hydrogen-bond acceptors (Lipinski definition) is 1. The lowest BCUT2D eigenvalue weighted by atomic mass is 9.99. The number of carbonyl (C=O) groups is 1. The van der Waals surface area contributed by atoms with E-state index in [1.807, 2.05) is 0 Å². The third kappa shape index (κ3) is 3.65. The van der Waals surface area contributed by atoms with Crippen molar-refractivity contribution >= 4 is 11.6 Å². The van der Waals surface area contributed by atoms with Gasteiger partial charge >= 0.3 is 6.18 Å². The molecule has 0 saturated heterocycles. The Bertz CT molecular complexity index is 816.